The van der Waals surface area contributed by atoms with E-state index in [1.807, 2.05) is 6.07 Å². The van der Waals surface area contributed by atoms with Gasteiger partial charge in [0.25, 0.3) is 0 Å². The van der Waals surface area contributed by atoms with Crippen molar-refractivity contribution in [2.45, 2.75) is 25.3 Å². The molecule has 20 heavy (non-hydrogen) atoms. The Bertz CT molecular complexity index is 447. The van der Waals surface area contributed by atoms with Crippen LogP contribution in [0.5, 0.6) is 0 Å². The second-order valence-electron chi connectivity index (χ2n) is 5.65. The lowest BCUT2D eigenvalue weighted by Crippen LogP contribution is -2.45. The smallest absolute Gasteiger partial charge is 0.124 e. The van der Waals surface area contributed by atoms with Crippen LogP contribution in [0.1, 0.15) is 30.9 Å². The lowest BCUT2D eigenvalue weighted by molar-refractivity contribution is 0.160. The summed E-state index contributed by atoms with van der Waals surface area (Å²) < 4.78 is 14.2. The summed E-state index contributed by atoms with van der Waals surface area (Å²) in [5.74, 6) is 0.706. The highest BCUT2D eigenvalue weighted by molar-refractivity contribution is 9.10. The molecule has 1 aromatic carbocycles. The van der Waals surface area contributed by atoms with Gasteiger partial charge in [-0.3, -0.25) is 4.90 Å². The summed E-state index contributed by atoms with van der Waals surface area (Å²) in [6.07, 6.45) is 3.94. The standard InChI is InChI=1S/C15H20BrFN2.ClH/c16-14-10-12(17)3-4-13(14)15(9-11-1-2-11)19-7-5-18-6-8-19;/h3-4,10-11,15,18H,1-2,5-9H2;1H/t15-;/m0./s1. The van der Waals surface area contributed by atoms with Gasteiger partial charge in [0.05, 0.1) is 0 Å². The van der Waals surface area contributed by atoms with Crippen molar-refractivity contribution in [3.8, 4) is 0 Å². The minimum atomic E-state index is -0.166. The van der Waals surface area contributed by atoms with Gasteiger partial charge in [0, 0.05) is 36.7 Å². The highest BCUT2D eigenvalue weighted by Crippen LogP contribution is 2.41. The topological polar surface area (TPSA) is 15.3 Å². The molecule has 0 amide bonds. The van der Waals surface area contributed by atoms with E-state index in [-0.39, 0.29) is 18.2 Å². The Labute approximate surface area is 134 Å². The normalized spacial score (nSPS) is 21.3. The second-order valence-corrected chi connectivity index (χ2v) is 6.50. The SMILES string of the molecule is Cl.Fc1ccc([C@H](CC2CC2)N2CCNCC2)c(Br)c1. The predicted octanol–water partition coefficient (Wildman–Crippen LogP) is 3.76. The monoisotopic (exact) mass is 362 g/mol. The molecule has 2 aliphatic rings. The van der Waals surface area contributed by atoms with E-state index in [4.69, 9.17) is 0 Å². The van der Waals surface area contributed by atoms with E-state index in [9.17, 15) is 4.39 Å². The van der Waals surface area contributed by atoms with Crippen LogP contribution < -0.4 is 5.32 Å². The molecule has 1 saturated carbocycles. The van der Waals surface area contributed by atoms with Crippen molar-refractivity contribution in [1.82, 2.24) is 10.2 Å². The van der Waals surface area contributed by atoms with Crippen molar-refractivity contribution in [2.75, 3.05) is 26.2 Å². The Balaban J connectivity index is 0.00000147. The molecule has 1 atom stereocenters. The first kappa shape index (κ1) is 16.2. The lowest BCUT2D eigenvalue weighted by Gasteiger charge is -2.36. The average Bonchev–Trinajstić information content (AvgIpc) is 3.22. The van der Waals surface area contributed by atoms with Gasteiger partial charge in [0.2, 0.25) is 0 Å². The van der Waals surface area contributed by atoms with E-state index < -0.39 is 0 Å². The highest BCUT2D eigenvalue weighted by Gasteiger charge is 2.31. The summed E-state index contributed by atoms with van der Waals surface area (Å²) >= 11 is 3.54. The Kier molecular flexibility index (Phi) is 5.84. The fraction of sp³-hybridized carbons (Fsp3) is 0.600. The fourth-order valence-corrected chi connectivity index (χ4v) is 3.52. The van der Waals surface area contributed by atoms with Gasteiger partial charge in [0.1, 0.15) is 5.82 Å². The summed E-state index contributed by atoms with van der Waals surface area (Å²) in [6, 6.07) is 5.57. The average molecular weight is 364 g/mol. The molecule has 0 bridgehead atoms. The molecule has 1 heterocycles. The molecule has 1 saturated heterocycles. The van der Waals surface area contributed by atoms with Crippen LogP contribution in [-0.4, -0.2) is 31.1 Å². The van der Waals surface area contributed by atoms with Crippen LogP contribution in [0.2, 0.25) is 0 Å². The first-order valence-corrected chi connectivity index (χ1v) is 7.93. The summed E-state index contributed by atoms with van der Waals surface area (Å²) in [5, 5.41) is 3.40. The fourth-order valence-electron chi connectivity index (χ4n) is 2.91. The molecule has 112 valence electrons. The van der Waals surface area contributed by atoms with Crippen molar-refractivity contribution < 1.29 is 4.39 Å². The van der Waals surface area contributed by atoms with Crippen molar-refractivity contribution in [3.63, 3.8) is 0 Å². The quantitative estimate of drug-likeness (QED) is 0.876. The summed E-state index contributed by atoms with van der Waals surface area (Å²) in [6.45, 7) is 4.28. The van der Waals surface area contributed by atoms with Crippen LogP contribution in [0, 0.1) is 11.7 Å². The summed E-state index contributed by atoms with van der Waals surface area (Å²) in [5.41, 5.74) is 1.25. The number of piperazine rings is 1. The van der Waals surface area contributed by atoms with Crippen LogP contribution in [0.3, 0.4) is 0 Å². The third kappa shape index (κ3) is 3.94. The number of nitrogens with one attached hydrogen (secondary N) is 1. The number of halogens is 3. The Morgan fingerprint density at radius 1 is 1.30 bits per heavy atom. The van der Waals surface area contributed by atoms with Crippen molar-refractivity contribution in [3.05, 3.63) is 34.1 Å². The molecule has 0 spiro atoms. The lowest BCUT2D eigenvalue weighted by atomic mass is 9.98. The van der Waals surface area contributed by atoms with Gasteiger partial charge in [-0.05, 0) is 30.0 Å². The molecule has 5 heteroatoms. The maximum Gasteiger partial charge on any atom is 0.124 e. The van der Waals surface area contributed by atoms with Crippen molar-refractivity contribution in [1.29, 1.82) is 0 Å². The molecule has 0 aromatic heterocycles. The zero-order valence-corrected chi connectivity index (χ0v) is 13.9. The van der Waals surface area contributed by atoms with Gasteiger partial charge >= 0.3 is 0 Å². The zero-order valence-electron chi connectivity index (χ0n) is 11.4. The third-order valence-corrected chi connectivity index (χ3v) is 4.85. The molecular formula is C15H21BrClFN2. The van der Waals surface area contributed by atoms with Gasteiger partial charge in [-0.1, -0.05) is 34.8 Å². The van der Waals surface area contributed by atoms with E-state index in [0.717, 1.165) is 36.6 Å². The Morgan fingerprint density at radius 3 is 2.60 bits per heavy atom. The van der Waals surface area contributed by atoms with Crippen LogP contribution in [0.25, 0.3) is 0 Å². The maximum atomic E-state index is 13.3. The Morgan fingerprint density at radius 2 is 2.00 bits per heavy atom. The number of nitrogens with zero attached hydrogens (tertiary/aromatic N) is 1. The van der Waals surface area contributed by atoms with Gasteiger partial charge in [-0.2, -0.15) is 0 Å². The first-order chi connectivity index (χ1) is 9.24. The predicted molar refractivity (Wildman–Crippen MR) is 85.9 cm³/mol. The van der Waals surface area contributed by atoms with Crippen molar-refractivity contribution in [2.24, 2.45) is 5.92 Å². The van der Waals surface area contributed by atoms with Crippen LogP contribution in [0.15, 0.2) is 22.7 Å². The van der Waals surface area contributed by atoms with E-state index in [1.54, 1.807) is 12.1 Å². The molecule has 0 unspecified atom stereocenters. The minimum Gasteiger partial charge on any atom is -0.314 e. The number of hydrogen-bond acceptors (Lipinski definition) is 2. The molecule has 2 nitrogen and oxygen atoms in total. The molecular weight excluding hydrogens is 343 g/mol. The summed E-state index contributed by atoms with van der Waals surface area (Å²) in [4.78, 5) is 2.55. The molecule has 1 aliphatic heterocycles. The molecule has 3 rings (SSSR count). The van der Waals surface area contributed by atoms with E-state index >= 15 is 0 Å². The van der Waals surface area contributed by atoms with Gasteiger partial charge < -0.3 is 5.32 Å². The maximum absolute atomic E-state index is 13.3. The molecule has 1 aromatic rings. The van der Waals surface area contributed by atoms with Crippen molar-refractivity contribution >= 4 is 28.3 Å². The van der Waals surface area contributed by atoms with Gasteiger partial charge in [-0.25, -0.2) is 4.39 Å². The molecule has 0 radical (unpaired) electrons. The van der Waals surface area contributed by atoms with Gasteiger partial charge in [0.15, 0.2) is 0 Å². The zero-order chi connectivity index (χ0) is 13.2. The minimum absolute atomic E-state index is 0. The van der Waals surface area contributed by atoms with Gasteiger partial charge in [-0.15, -0.1) is 12.4 Å². The number of rotatable bonds is 4. The Hall–Kier alpha value is -0.160. The van der Waals surface area contributed by atoms with Crippen LogP contribution in [0.4, 0.5) is 4.39 Å². The van der Waals surface area contributed by atoms with E-state index in [0.29, 0.717) is 6.04 Å². The highest BCUT2D eigenvalue weighted by atomic mass is 79.9. The number of benzene rings is 1. The van der Waals surface area contributed by atoms with Crippen LogP contribution in [-0.2, 0) is 0 Å². The summed E-state index contributed by atoms with van der Waals surface area (Å²) in [7, 11) is 0. The van der Waals surface area contributed by atoms with Crippen LogP contribution >= 0.6 is 28.3 Å². The third-order valence-electron chi connectivity index (χ3n) is 4.17. The molecule has 1 aliphatic carbocycles. The van der Waals surface area contributed by atoms with E-state index in [1.165, 1.54) is 24.8 Å². The second kappa shape index (κ2) is 7.21. The molecule has 1 N–H and O–H groups in total. The van der Waals surface area contributed by atoms with E-state index in [2.05, 4.69) is 26.1 Å². The first-order valence-electron chi connectivity index (χ1n) is 7.14. The molecule has 2 fully saturated rings. The largest absolute Gasteiger partial charge is 0.314 e. The number of hydrogen-bond donors (Lipinski definition) is 1.